The van der Waals surface area contributed by atoms with Crippen molar-refractivity contribution in [2.24, 2.45) is 23.1 Å². The number of aromatic hydroxyl groups is 1. The van der Waals surface area contributed by atoms with Crippen molar-refractivity contribution in [2.45, 2.75) is 240 Å². The Labute approximate surface area is 788 Å². The molecule has 10 rings (SSSR count). The lowest BCUT2D eigenvalue weighted by Crippen LogP contribution is -2.62. The maximum absolute atomic E-state index is 15.8. The minimum absolute atomic E-state index is 0.0120. The summed E-state index contributed by atoms with van der Waals surface area (Å²) in [7, 11) is 2.69. The molecule has 44 nitrogen and oxygen atoms in total. The number of aromatic nitrogens is 4. The van der Waals surface area contributed by atoms with Crippen molar-refractivity contribution in [1.29, 1.82) is 5.41 Å². The number of hydrogen-bond donors (Lipinski definition) is 22. The molecule has 3 aromatic heterocycles. The lowest BCUT2D eigenvalue weighted by Gasteiger charge is -2.36. The Bertz CT molecular complexity index is 5300. The number of nitrogens with two attached hydrogens (primary N) is 3. The highest BCUT2D eigenvalue weighted by molar-refractivity contribution is 8.00. The van der Waals surface area contributed by atoms with Gasteiger partial charge in [0.1, 0.15) is 89.8 Å². The van der Waals surface area contributed by atoms with Crippen LogP contribution in [0.1, 0.15) is 146 Å². The van der Waals surface area contributed by atoms with E-state index < -0.39 is 241 Å². The number of para-hydroxylation sites is 2. The van der Waals surface area contributed by atoms with Gasteiger partial charge in [-0.25, -0.2) is 4.98 Å². The van der Waals surface area contributed by atoms with Gasteiger partial charge >= 0.3 is 0 Å². The predicted molar refractivity (Wildman–Crippen MR) is 498 cm³/mol. The Morgan fingerprint density at radius 2 is 1.13 bits per heavy atom. The molecule has 1 spiro atoms. The number of carbonyl (C=O) groups excluding carboxylic acids is 17. The summed E-state index contributed by atoms with van der Waals surface area (Å²) < 4.78 is 0. The average Bonchev–Trinajstić information content (AvgIpc) is 1.62. The maximum atomic E-state index is 15.8. The first-order chi connectivity index (χ1) is 64.9. The third kappa shape index (κ3) is 28.4. The number of guanidine groups is 1. The molecule has 0 radical (unpaired) electrons. The number of aliphatic hydroxyl groups is 2. The monoisotopic (exact) mass is 1910 g/mol. The number of benzene rings is 3. The Hall–Kier alpha value is -13.7. The molecule has 0 bridgehead atoms. The molecule has 45 heteroatoms. The molecule has 736 valence electrons. The molecular weight excluding hydrogens is 1780 g/mol. The number of H-pyrrole nitrogens is 3. The number of aromatic amines is 3. The van der Waals surface area contributed by atoms with Gasteiger partial charge in [-0.3, -0.25) is 86.9 Å². The Morgan fingerprint density at radius 3 is 1.73 bits per heavy atom. The van der Waals surface area contributed by atoms with Crippen LogP contribution in [-0.4, -0.2) is 310 Å². The minimum atomic E-state index is -1.89. The molecule has 6 aromatic rings. The summed E-state index contributed by atoms with van der Waals surface area (Å²) in [5.41, 5.74) is 17.9. The van der Waals surface area contributed by atoms with Crippen molar-refractivity contribution in [3.8, 4) is 5.75 Å². The molecule has 6 heterocycles. The van der Waals surface area contributed by atoms with E-state index in [1.165, 1.54) is 50.9 Å². The van der Waals surface area contributed by atoms with E-state index in [1.54, 1.807) is 74.8 Å². The zero-order chi connectivity index (χ0) is 98.8. The highest BCUT2D eigenvalue weighted by atomic mass is 32.2. The number of phenolic OH excluding ortho intramolecular Hbond substituents is 1. The summed E-state index contributed by atoms with van der Waals surface area (Å²) in [6.45, 7) is 4.74. The van der Waals surface area contributed by atoms with Crippen LogP contribution in [0.4, 0.5) is 0 Å². The number of hydrogen-bond acceptors (Lipinski definition) is 23. The summed E-state index contributed by atoms with van der Waals surface area (Å²) in [5, 5.41) is 73.9. The fraction of sp³-hybridized carbons (Fsp3) is 0.527. The zero-order valence-corrected chi connectivity index (χ0v) is 77.8. The number of aliphatic hydroxyl groups excluding tert-OH is 2. The van der Waals surface area contributed by atoms with Crippen molar-refractivity contribution >= 4 is 140 Å². The molecule has 3 aromatic carbocycles. The molecular formula is C91H126N24O20S. The van der Waals surface area contributed by atoms with Gasteiger partial charge in [0.15, 0.2) is 5.96 Å². The third-order valence-electron chi connectivity index (χ3n) is 24.6. The molecule has 2 unspecified atom stereocenters. The Morgan fingerprint density at radius 1 is 0.574 bits per heavy atom. The number of nitrogens with one attached hydrogen (secondary N) is 16. The third-order valence-corrected chi connectivity index (χ3v) is 25.6. The number of amides is 17. The average molecular weight is 1910 g/mol. The van der Waals surface area contributed by atoms with Crippen LogP contribution in [0.3, 0.4) is 0 Å². The standard InChI is InChI=1S/C91H126N24O20S/c1-7-9-22-69-82(128)103-60(21-15-31-97-90(94)95)77(123)109-68(76(122)100-43-74(93)120)46-136-47-75(121)102-61(34-50-25-27-54(117)28-26-50)81(127)111-91(29-30-91)89(135)110-66(39-73(92)119)86(132)114-32-16-24-70(114)83(129)105-63(37-53-42-96-48-101-53)79(125)106-64(33-49(3)4)87(133)115-44-55(118)38-72(115)84(130)104-62(35-51-40-98-58-19-13-11-17-56(51)58)78(124)108-67(45-116)80(126)107-65(36-52-41-99-59-20-14-12-18-57(52)59)85(131)113(6)71(23-10-8-2)88(134)112(69)5/h11-14,17-20,25-28,40-42,48-49,55,60-72,98-99,116-118H,7-10,15-16,21-24,29-39,43-47H2,1-6H3,(H2,92,119)(H2,93,120)(H,96,101)(H,100,122)(H,102,121)(H,103,128)(H,104,130)(H,105,129)(H,106,125)(H,107,126)(H,108,124)(H,109,123)(H,110,135)(H,111,127)(H4,94,95,97)/t55-,60+,61+,62?,63+,64-,65+,66+,67+,68?,69+,70+,71+,72+/m1/s1. The summed E-state index contributed by atoms with van der Waals surface area (Å²) in [6, 6.07) is -0.718. The van der Waals surface area contributed by atoms with E-state index >= 15 is 38.4 Å². The fourth-order valence-corrected chi connectivity index (χ4v) is 17.9. The summed E-state index contributed by atoms with van der Waals surface area (Å²) in [5.74, 6) is -18.0. The fourth-order valence-electron chi connectivity index (χ4n) is 17.0. The predicted octanol–water partition coefficient (Wildman–Crippen LogP) is -3.13. The number of carbonyl (C=O) groups is 17. The van der Waals surface area contributed by atoms with Crippen LogP contribution in [0, 0.1) is 11.3 Å². The van der Waals surface area contributed by atoms with E-state index in [0.29, 0.717) is 64.2 Å². The van der Waals surface area contributed by atoms with Crippen LogP contribution in [0.25, 0.3) is 21.8 Å². The Balaban J connectivity index is 1.02. The van der Waals surface area contributed by atoms with Gasteiger partial charge in [0.25, 0.3) is 0 Å². The molecule has 14 atom stereocenters. The van der Waals surface area contributed by atoms with Crippen LogP contribution in [0.15, 0.2) is 97.7 Å². The van der Waals surface area contributed by atoms with E-state index in [9.17, 15) is 58.5 Å². The number of thioether (sulfide) groups is 1. The van der Waals surface area contributed by atoms with E-state index in [4.69, 9.17) is 22.6 Å². The van der Waals surface area contributed by atoms with E-state index in [0.717, 1.165) is 31.4 Å². The van der Waals surface area contributed by atoms with Crippen LogP contribution in [0.2, 0.25) is 0 Å². The zero-order valence-electron chi connectivity index (χ0n) is 76.9. The van der Waals surface area contributed by atoms with Gasteiger partial charge in [-0.2, -0.15) is 0 Å². The van der Waals surface area contributed by atoms with Gasteiger partial charge < -0.3 is 131 Å². The van der Waals surface area contributed by atoms with Gasteiger partial charge in [0.05, 0.1) is 43.5 Å². The first kappa shape index (κ1) is 104. The quantitative estimate of drug-likeness (QED) is 0.0145. The van der Waals surface area contributed by atoms with E-state index in [1.807, 2.05) is 13.8 Å². The Kier molecular flexibility index (Phi) is 37.6. The van der Waals surface area contributed by atoms with Crippen molar-refractivity contribution in [2.75, 3.05) is 58.4 Å². The largest absolute Gasteiger partial charge is 0.508 e. The number of fused-ring (bicyclic) bond motifs is 4. The summed E-state index contributed by atoms with van der Waals surface area (Å²) in [6.07, 6.45) is 3.66. The molecule has 1 aliphatic carbocycles. The molecule has 17 amide bonds. The van der Waals surface area contributed by atoms with Crippen molar-refractivity contribution in [3.63, 3.8) is 0 Å². The van der Waals surface area contributed by atoms with Crippen molar-refractivity contribution in [1.82, 2.24) is 103 Å². The second-order valence-electron chi connectivity index (χ2n) is 35.4. The molecule has 3 aliphatic heterocycles. The van der Waals surface area contributed by atoms with E-state index in [-0.39, 0.29) is 114 Å². The first-order valence-electron chi connectivity index (χ1n) is 45.7. The van der Waals surface area contributed by atoms with Gasteiger partial charge in [0.2, 0.25) is 100 Å². The number of imidazole rings is 1. The van der Waals surface area contributed by atoms with Gasteiger partial charge in [-0.05, 0) is 105 Å². The van der Waals surface area contributed by atoms with Crippen molar-refractivity contribution < 1.29 is 96.8 Å². The lowest BCUT2D eigenvalue weighted by molar-refractivity contribution is -0.149. The smallest absolute Gasteiger partial charge is 0.246 e. The number of rotatable bonds is 26. The van der Waals surface area contributed by atoms with Crippen LogP contribution >= 0.6 is 11.8 Å². The van der Waals surface area contributed by atoms with Gasteiger partial charge in [-0.15, -0.1) is 11.8 Å². The first-order valence-corrected chi connectivity index (χ1v) is 46.9. The van der Waals surface area contributed by atoms with Crippen LogP contribution in [-0.2, 0) is 107 Å². The van der Waals surface area contributed by atoms with Gasteiger partial charge in [0, 0.05) is 112 Å². The summed E-state index contributed by atoms with van der Waals surface area (Å²) >= 11 is 0.764. The number of likely N-dealkylation sites (N-methyl/N-ethyl adjacent to an activating group) is 2. The molecule has 25 N–H and O–H groups in total. The summed E-state index contributed by atoms with van der Waals surface area (Å²) in [4.78, 5) is 269. The molecule has 1 saturated carbocycles. The normalized spacial score (nSPS) is 24.7. The lowest BCUT2D eigenvalue weighted by atomic mass is 10.00. The van der Waals surface area contributed by atoms with Gasteiger partial charge in [-0.1, -0.05) is 102 Å². The minimum Gasteiger partial charge on any atom is -0.508 e. The second kappa shape index (κ2) is 49.0. The molecule has 136 heavy (non-hydrogen) atoms. The number of primary amides is 2. The molecule has 3 saturated heterocycles. The van der Waals surface area contributed by atoms with E-state index in [2.05, 4.69) is 83.7 Å². The topological polar surface area (TPSA) is 670 Å². The van der Waals surface area contributed by atoms with Crippen LogP contribution < -0.4 is 81.0 Å². The second-order valence-corrected chi connectivity index (χ2v) is 36.4. The maximum Gasteiger partial charge on any atom is 0.246 e. The van der Waals surface area contributed by atoms with Crippen molar-refractivity contribution in [3.05, 3.63) is 120 Å². The molecule has 4 fully saturated rings. The number of unbranched alkanes of at least 4 members (excludes halogenated alkanes) is 2. The highest BCUT2D eigenvalue weighted by Crippen LogP contribution is 2.37. The highest BCUT2D eigenvalue weighted by Gasteiger charge is 2.54. The number of nitrogens with zero attached hydrogens (tertiary/aromatic N) is 5. The molecule has 4 aliphatic rings. The van der Waals surface area contributed by atoms with Crippen LogP contribution in [0.5, 0.6) is 5.75 Å². The SMILES string of the molecule is CCCC[C@H]1C(=O)N(C)[C@@H](CCCC)C(=O)N[C@@H](CCCNC(=N)N)C(=O)NC(C(=O)NCC(N)=O)CSCC(=O)N[C@@H](Cc2ccc(O)cc2)C(=O)NC2(CC2)C(=O)N[C@@H](CC(N)=O)C(=O)N2CCC[C@H]2C(=O)N[C@@H](Cc2c[nH]cn2)C(=O)N[C@H](CC(C)C)C(=O)N2C[C@H](O)C[C@H]2C(=O)NC(Cc2c[nH]c3ccccc23)C(=O)N[C@@H](CO)C(=O)N[C@@H](Cc2c[nH]c3ccccc23)C(=O)N1C. The number of phenols is 1.